The maximum absolute atomic E-state index is 12.0. The summed E-state index contributed by atoms with van der Waals surface area (Å²) in [5.41, 5.74) is 0. The van der Waals surface area contributed by atoms with Crippen molar-refractivity contribution in [1.29, 1.82) is 0 Å². The number of hydrogen-bond donors (Lipinski definition) is 0. The Bertz CT molecular complexity index is 465. The van der Waals surface area contributed by atoms with Gasteiger partial charge in [-0.05, 0) is 29.8 Å². The Hall–Kier alpha value is -1.70. The molecule has 0 bridgehead atoms. The summed E-state index contributed by atoms with van der Waals surface area (Å²) >= 11 is 3.00. The van der Waals surface area contributed by atoms with Crippen molar-refractivity contribution in [2.75, 3.05) is 13.2 Å². The molecule has 19 heavy (non-hydrogen) atoms. The first-order chi connectivity index (χ1) is 9.01. The largest absolute Gasteiger partial charge is 0.465 e. The van der Waals surface area contributed by atoms with Crippen LogP contribution in [0.4, 0.5) is 0 Å². The van der Waals surface area contributed by atoms with E-state index < -0.39 is 23.6 Å². The minimum atomic E-state index is -1.69. The molecule has 0 atom stereocenters. The van der Waals surface area contributed by atoms with Crippen molar-refractivity contribution in [2.24, 2.45) is 5.92 Å². The van der Waals surface area contributed by atoms with Gasteiger partial charge in [0.05, 0.1) is 13.2 Å². The smallest absolute Gasteiger partial charge is 0.328 e. The lowest BCUT2D eigenvalue weighted by atomic mass is 10.0. The van der Waals surface area contributed by atoms with E-state index in [1.807, 2.05) is 0 Å². The number of ketones is 1. The van der Waals surface area contributed by atoms with Crippen LogP contribution >= 0.6 is 15.9 Å². The van der Waals surface area contributed by atoms with Crippen LogP contribution in [0.1, 0.15) is 24.4 Å². The van der Waals surface area contributed by atoms with E-state index in [1.54, 1.807) is 13.8 Å². The van der Waals surface area contributed by atoms with Crippen LogP contribution in [0.5, 0.6) is 0 Å². The van der Waals surface area contributed by atoms with E-state index in [0.717, 1.165) is 0 Å². The molecule has 0 unspecified atom stereocenters. The predicted octanol–water partition coefficient (Wildman–Crippen LogP) is 1.36. The van der Waals surface area contributed by atoms with Crippen molar-refractivity contribution in [3.8, 4) is 0 Å². The van der Waals surface area contributed by atoms with E-state index in [2.05, 4.69) is 30.6 Å². The van der Waals surface area contributed by atoms with Gasteiger partial charge in [-0.3, -0.25) is 14.4 Å². The molecule has 0 spiro atoms. The van der Waals surface area contributed by atoms with Gasteiger partial charge < -0.3 is 14.0 Å². The highest BCUT2D eigenvalue weighted by Gasteiger charge is 2.39. The molecule has 104 valence electrons. The van der Waals surface area contributed by atoms with Gasteiger partial charge in [-0.15, -0.1) is 0 Å². The Morgan fingerprint density at radius 1 is 1.26 bits per heavy atom. The Balaban J connectivity index is 2.98. The number of Topliss-reactive ketones (excluding diaryl/α,β-unsaturated/α-hetero) is 1. The number of carbonyl (C=O) groups excluding carboxylic acids is 3. The van der Waals surface area contributed by atoms with Gasteiger partial charge in [0.15, 0.2) is 0 Å². The average Bonchev–Trinajstić information content (AvgIpc) is 2.76. The van der Waals surface area contributed by atoms with Gasteiger partial charge in [0.25, 0.3) is 0 Å². The number of rotatable bonds is 6. The molecule has 0 aromatic carbocycles. The van der Waals surface area contributed by atoms with E-state index in [9.17, 15) is 14.4 Å². The summed E-state index contributed by atoms with van der Waals surface area (Å²) in [6.45, 7) is 3.22. The van der Waals surface area contributed by atoms with E-state index in [4.69, 9.17) is 4.52 Å². The molecule has 7 nitrogen and oxygen atoms in total. The minimum Gasteiger partial charge on any atom is -0.465 e. The molecule has 0 fully saturated rings. The van der Waals surface area contributed by atoms with Gasteiger partial charge in [0.2, 0.25) is 17.5 Å². The van der Waals surface area contributed by atoms with Crippen molar-refractivity contribution < 1.29 is 28.4 Å². The van der Waals surface area contributed by atoms with Crippen LogP contribution in [-0.4, -0.2) is 36.1 Å². The lowest BCUT2D eigenvalue weighted by Gasteiger charge is -2.11. The van der Waals surface area contributed by atoms with Crippen LogP contribution in [-0.2, 0) is 19.1 Å². The number of halogens is 1. The van der Waals surface area contributed by atoms with E-state index in [0.29, 0.717) is 0 Å². The first-order valence-electron chi connectivity index (χ1n) is 5.50. The van der Waals surface area contributed by atoms with Crippen LogP contribution in [0.25, 0.3) is 0 Å². The van der Waals surface area contributed by atoms with E-state index >= 15 is 0 Å². The molecule has 8 heteroatoms. The molecule has 0 aliphatic rings. The van der Waals surface area contributed by atoms with E-state index in [-0.39, 0.29) is 23.6 Å². The first kappa shape index (κ1) is 15.4. The monoisotopic (exact) mass is 333 g/mol. The predicted molar refractivity (Wildman–Crippen MR) is 65.3 cm³/mol. The van der Waals surface area contributed by atoms with Gasteiger partial charge >= 0.3 is 11.9 Å². The highest BCUT2D eigenvalue weighted by atomic mass is 79.9. The topological polar surface area (TPSA) is 95.7 Å². The van der Waals surface area contributed by atoms with Gasteiger partial charge in [0.1, 0.15) is 4.60 Å². The molecule has 0 amide bonds. The lowest BCUT2D eigenvalue weighted by Crippen LogP contribution is -2.34. The van der Waals surface area contributed by atoms with Crippen LogP contribution in [0.3, 0.4) is 0 Å². The SMILES string of the molecule is CCOC(=O)C(C(=O)OCC)C(=O)c1cc(Br)no1. The number of carbonyl (C=O) groups is 3. The molecule has 0 aliphatic carbocycles. The summed E-state index contributed by atoms with van der Waals surface area (Å²) in [6, 6.07) is 1.26. The Morgan fingerprint density at radius 2 is 1.79 bits per heavy atom. The Morgan fingerprint density at radius 3 is 2.16 bits per heavy atom. The summed E-state index contributed by atoms with van der Waals surface area (Å²) in [5.74, 6) is -4.72. The third-order valence-corrected chi connectivity index (χ3v) is 2.40. The third kappa shape index (κ3) is 3.88. The van der Waals surface area contributed by atoms with Crippen molar-refractivity contribution in [3.05, 3.63) is 16.4 Å². The first-order valence-corrected chi connectivity index (χ1v) is 6.30. The fourth-order valence-corrected chi connectivity index (χ4v) is 1.55. The molecule has 0 saturated carbocycles. The lowest BCUT2D eigenvalue weighted by molar-refractivity contribution is -0.158. The summed E-state index contributed by atoms with van der Waals surface area (Å²) in [5, 5.41) is 3.45. The average molecular weight is 334 g/mol. The summed E-state index contributed by atoms with van der Waals surface area (Å²) < 4.78 is 14.4. The van der Waals surface area contributed by atoms with Crippen molar-refractivity contribution >= 4 is 33.7 Å². The maximum Gasteiger partial charge on any atom is 0.328 e. The molecule has 1 heterocycles. The van der Waals surface area contributed by atoms with Crippen LogP contribution in [0, 0.1) is 5.92 Å². The molecule has 1 aromatic heterocycles. The van der Waals surface area contributed by atoms with Gasteiger partial charge in [-0.2, -0.15) is 0 Å². The third-order valence-electron chi connectivity index (χ3n) is 2.03. The fraction of sp³-hybridized carbons (Fsp3) is 0.455. The standard InChI is InChI=1S/C11H12BrNO6/c1-3-17-10(15)8(11(16)18-4-2)9(14)6-5-7(12)13-19-6/h5,8H,3-4H2,1-2H3. The van der Waals surface area contributed by atoms with Crippen LogP contribution in [0.2, 0.25) is 0 Å². The molecular formula is C11H12BrNO6. The van der Waals surface area contributed by atoms with Gasteiger partial charge in [0, 0.05) is 6.07 Å². The molecule has 0 radical (unpaired) electrons. The maximum atomic E-state index is 12.0. The molecular weight excluding hydrogens is 322 g/mol. The van der Waals surface area contributed by atoms with Crippen molar-refractivity contribution in [2.45, 2.75) is 13.8 Å². The molecule has 1 rings (SSSR count). The number of hydrogen-bond acceptors (Lipinski definition) is 7. The van der Waals surface area contributed by atoms with Crippen molar-refractivity contribution in [3.63, 3.8) is 0 Å². The second-order valence-corrected chi connectivity index (χ2v) is 4.13. The van der Waals surface area contributed by atoms with Gasteiger partial charge in [-0.25, -0.2) is 0 Å². The zero-order valence-corrected chi connectivity index (χ0v) is 11.9. The molecule has 1 aromatic rings. The van der Waals surface area contributed by atoms with Crippen molar-refractivity contribution in [1.82, 2.24) is 5.16 Å². The fourth-order valence-electron chi connectivity index (χ4n) is 1.27. The van der Waals surface area contributed by atoms with Crippen LogP contribution in [0.15, 0.2) is 15.2 Å². The second-order valence-electron chi connectivity index (χ2n) is 3.32. The second kappa shape index (κ2) is 7.03. The van der Waals surface area contributed by atoms with Gasteiger partial charge in [-0.1, -0.05) is 5.16 Å². The zero-order valence-electron chi connectivity index (χ0n) is 10.3. The minimum absolute atomic E-state index is 0.0438. The Labute approximate surface area is 117 Å². The highest BCUT2D eigenvalue weighted by molar-refractivity contribution is 9.10. The highest BCUT2D eigenvalue weighted by Crippen LogP contribution is 2.16. The number of nitrogens with zero attached hydrogens (tertiary/aromatic N) is 1. The zero-order chi connectivity index (χ0) is 14.4. The molecule has 0 aliphatic heterocycles. The normalized spacial score (nSPS) is 10.3. The summed E-state index contributed by atoms with van der Waals surface area (Å²) in [4.78, 5) is 35.4. The molecule has 0 N–H and O–H groups in total. The van der Waals surface area contributed by atoms with Crippen LogP contribution < -0.4 is 0 Å². The Kier molecular flexibility index (Phi) is 5.68. The number of aromatic nitrogens is 1. The van der Waals surface area contributed by atoms with E-state index in [1.165, 1.54) is 6.07 Å². The summed E-state index contributed by atoms with van der Waals surface area (Å²) in [6.07, 6.45) is 0. The number of ether oxygens (including phenoxy) is 2. The summed E-state index contributed by atoms with van der Waals surface area (Å²) in [7, 11) is 0. The number of esters is 2. The quantitative estimate of drug-likeness (QED) is 0.440. The molecule has 0 saturated heterocycles.